The molecule has 7 heteroatoms. The van der Waals surface area contributed by atoms with Crippen molar-refractivity contribution in [2.75, 3.05) is 5.32 Å². The molecular formula is C15H17ClN4OS. The molecule has 3 heterocycles. The Morgan fingerprint density at radius 2 is 2.23 bits per heavy atom. The van der Waals surface area contributed by atoms with Gasteiger partial charge in [-0.25, -0.2) is 4.98 Å². The number of nitrogens with one attached hydrogen (secondary N) is 1. The summed E-state index contributed by atoms with van der Waals surface area (Å²) in [7, 11) is 0. The lowest BCUT2D eigenvalue weighted by atomic mass is 10.1. The first kappa shape index (κ1) is 15.1. The Hall–Kier alpha value is -1.79. The summed E-state index contributed by atoms with van der Waals surface area (Å²) in [4.78, 5) is 5.35. The highest BCUT2D eigenvalue weighted by Crippen LogP contribution is 2.36. The number of thiophene rings is 1. The third kappa shape index (κ3) is 2.89. The summed E-state index contributed by atoms with van der Waals surface area (Å²) in [6.45, 7) is 5.70. The van der Waals surface area contributed by atoms with Crippen molar-refractivity contribution in [3.05, 3.63) is 40.3 Å². The van der Waals surface area contributed by atoms with Crippen molar-refractivity contribution in [2.45, 2.75) is 33.4 Å². The van der Waals surface area contributed by atoms with Crippen LogP contribution in [0.4, 0.5) is 5.82 Å². The van der Waals surface area contributed by atoms with E-state index >= 15 is 0 Å². The SMILES string of the molecule is CCc1c(NCc2nccn2CC)noc1-c1ccc(Cl)s1. The van der Waals surface area contributed by atoms with Crippen molar-refractivity contribution in [1.82, 2.24) is 14.7 Å². The fraction of sp³-hybridized carbons (Fsp3) is 0.333. The molecule has 3 aromatic heterocycles. The van der Waals surface area contributed by atoms with Gasteiger partial charge < -0.3 is 14.4 Å². The van der Waals surface area contributed by atoms with Gasteiger partial charge in [0.15, 0.2) is 11.6 Å². The van der Waals surface area contributed by atoms with E-state index in [0.717, 1.165) is 45.1 Å². The van der Waals surface area contributed by atoms with Crippen LogP contribution in [0.1, 0.15) is 25.2 Å². The number of hydrogen-bond acceptors (Lipinski definition) is 5. The Morgan fingerprint density at radius 3 is 2.91 bits per heavy atom. The summed E-state index contributed by atoms with van der Waals surface area (Å²) in [6.07, 6.45) is 4.61. The topological polar surface area (TPSA) is 55.9 Å². The van der Waals surface area contributed by atoms with E-state index in [1.54, 1.807) is 0 Å². The predicted molar refractivity (Wildman–Crippen MR) is 89.4 cm³/mol. The Morgan fingerprint density at radius 1 is 1.36 bits per heavy atom. The molecule has 1 N–H and O–H groups in total. The second kappa shape index (κ2) is 6.54. The van der Waals surface area contributed by atoms with Crippen LogP contribution >= 0.6 is 22.9 Å². The zero-order chi connectivity index (χ0) is 15.5. The van der Waals surface area contributed by atoms with E-state index < -0.39 is 0 Å². The van der Waals surface area contributed by atoms with Crippen LogP contribution in [-0.4, -0.2) is 14.7 Å². The molecule has 0 aliphatic rings. The first-order valence-corrected chi connectivity index (χ1v) is 8.40. The number of anilines is 1. The summed E-state index contributed by atoms with van der Waals surface area (Å²) in [5.74, 6) is 2.54. The fourth-order valence-electron chi connectivity index (χ4n) is 2.36. The Bertz CT molecular complexity index is 761. The van der Waals surface area contributed by atoms with Crippen molar-refractivity contribution < 1.29 is 4.52 Å². The van der Waals surface area contributed by atoms with Crippen molar-refractivity contribution in [2.24, 2.45) is 0 Å². The van der Waals surface area contributed by atoms with Gasteiger partial charge in [-0.05, 0) is 25.5 Å². The molecule has 116 valence electrons. The molecule has 0 spiro atoms. The molecular weight excluding hydrogens is 320 g/mol. The van der Waals surface area contributed by atoms with Crippen LogP contribution in [0.25, 0.3) is 10.6 Å². The molecule has 0 saturated carbocycles. The third-order valence-electron chi connectivity index (χ3n) is 3.50. The number of hydrogen-bond donors (Lipinski definition) is 1. The molecule has 22 heavy (non-hydrogen) atoms. The summed E-state index contributed by atoms with van der Waals surface area (Å²) >= 11 is 7.50. The van der Waals surface area contributed by atoms with Gasteiger partial charge in [-0.1, -0.05) is 23.7 Å². The lowest BCUT2D eigenvalue weighted by Crippen LogP contribution is -2.08. The molecule has 5 nitrogen and oxygen atoms in total. The van der Waals surface area contributed by atoms with Gasteiger partial charge in [0.25, 0.3) is 0 Å². The summed E-state index contributed by atoms with van der Waals surface area (Å²) in [5, 5.41) is 7.49. The predicted octanol–water partition coefficient (Wildman–Crippen LogP) is 4.45. The number of aryl methyl sites for hydroxylation is 1. The quantitative estimate of drug-likeness (QED) is 0.722. The number of halogens is 1. The van der Waals surface area contributed by atoms with E-state index in [2.05, 4.69) is 33.9 Å². The van der Waals surface area contributed by atoms with Gasteiger partial charge in [-0.3, -0.25) is 0 Å². The van der Waals surface area contributed by atoms with Crippen molar-refractivity contribution in [1.29, 1.82) is 0 Å². The molecule has 0 aliphatic heterocycles. The highest BCUT2D eigenvalue weighted by Gasteiger charge is 2.18. The number of imidazole rings is 1. The summed E-state index contributed by atoms with van der Waals surface area (Å²) in [6, 6.07) is 3.83. The monoisotopic (exact) mass is 336 g/mol. The number of aromatic nitrogens is 3. The van der Waals surface area contributed by atoms with Gasteiger partial charge in [0.1, 0.15) is 5.82 Å². The van der Waals surface area contributed by atoms with Gasteiger partial charge in [-0.2, -0.15) is 0 Å². The van der Waals surface area contributed by atoms with E-state index in [4.69, 9.17) is 16.1 Å². The van der Waals surface area contributed by atoms with Crippen molar-refractivity contribution in [3.8, 4) is 10.6 Å². The maximum absolute atomic E-state index is 6.00. The van der Waals surface area contributed by atoms with Crippen LogP contribution in [0.15, 0.2) is 29.0 Å². The zero-order valence-corrected chi connectivity index (χ0v) is 14.0. The molecule has 0 radical (unpaired) electrons. The average molecular weight is 337 g/mol. The Kier molecular flexibility index (Phi) is 4.49. The van der Waals surface area contributed by atoms with Gasteiger partial charge in [0.05, 0.1) is 15.8 Å². The smallest absolute Gasteiger partial charge is 0.182 e. The first-order valence-electron chi connectivity index (χ1n) is 7.21. The second-order valence-electron chi connectivity index (χ2n) is 4.78. The maximum Gasteiger partial charge on any atom is 0.182 e. The Labute approximate surface area is 137 Å². The van der Waals surface area contributed by atoms with Gasteiger partial charge in [0.2, 0.25) is 0 Å². The van der Waals surface area contributed by atoms with E-state index in [1.165, 1.54) is 11.3 Å². The van der Waals surface area contributed by atoms with Crippen LogP contribution in [0.3, 0.4) is 0 Å². The minimum Gasteiger partial charge on any atom is -0.360 e. The molecule has 0 atom stereocenters. The number of rotatable bonds is 6. The molecule has 0 unspecified atom stereocenters. The van der Waals surface area contributed by atoms with Gasteiger partial charge in [0, 0.05) is 24.5 Å². The fourth-order valence-corrected chi connectivity index (χ4v) is 3.41. The Balaban J connectivity index is 1.81. The molecule has 0 aromatic carbocycles. The summed E-state index contributed by atoms with van der Waals surface area (Å²) in [5.41, 5.74) is 1.06. The summed E-state index contributed by atoms with van der Waals surface area (Å²) < 4.78 is 8.36. The zero-order valence-electron chi connectivity index (χ0n) is 12.5. The minimum absolute atomic E-state index is 0.616. The highest BCUT2D eigenvalue weighted by molar-refractivity contribution is 7.19. The highest BCUT2D eigenvalue weighted by atomic mass is 35.5. The first-order chi connectivity index (χ1) is 10.7. The van der Waals surface area contributed by atoms with Crippen LogP contribution in [0, 0.1) is 0 Å². The molecule has 3 aromatic rings. The van der Waals surface area contributed by atoms with Crippen molar-refractivity contribution >= 4 is 28.8 Å². The lowest BCUT2D eigenvalue weighted by Gasteiger charge is -2.06. The molecule has 0 saturated heterocycles. The van der Waals surface area contributed by atoms with E-state index in [0.29, 0.717) is 6.54 Å². The molecule has 0 fully saturated rings. The van der Waals surface area contributed by atoms with Crippen LogP contribution < -0.4 is 5.32 Å². The van der Waals surface area contributed by atoms with E-state index in [1.807, 2.05) is 24.5 Å². The van der Waals surface area contributed by atoms with E-state index in [9.17, 15) is 0 Å². The van der Waals surface area contributed by atoms with Crippen molar-refractivity contribution in [3.63, 3.8) is 0 Å². The van der Waals surface area contributed by atoms with Crippen LogP contribution in [-0.2, 0) is 19.5 Å². The van der Waals surface area contributed by atoms with Crippen LogP contribution in [0.5, 0.6) is 0 Å². The van der Waals surface area contributed by atoms with Gasteiger partial charge >= 0.3 is 0 Å². The van der Waals surface area contributed by atoms with Gasteiger partial charge in [-0.15, -0.1) is 11.3 Å². The molecule has 0 amide bonds. The normalized spacial score (nSPS) is 11.0. The minimum atomic E-state index is 0.616. The maximum atomic E-state index is 6.00. The number of nitrogens with zero attached hydrogens (tertiary/aromatic N) is 3. The third-order valence-corrected chi connectivity index (χ3v) is 4.72. The lowest BCUT2D eigenvalue weighted by molar-refractivity contribution is 0.435. The van der Waals surface area contributed by atoms with E-state index in [-0.39, 0.29) is 0 Å². The largest absolute Gasteiger partial charge is 0.360 e. The molecule has 0 bridgehead atoms. The second-order valence-corrected chi connectivity index (χ2v) is 6.49. The standard InChI is InChI=1S/C15H17ClN4OS/c1-3-10-14(11-5-6-12(16)22-11)21-19-15(10)18-9-13-17-7-8-20(13)4-2/h5-8H,3-4,9H2,1-2H3,(H,18,19). The van der Waals surface area contributed by atoms with Crippen LogP contribution in [0.2, 0.25) is 4.34 Å². The molecule has 0 aliphatic carbocycles. The molecule has 3 rings (SSSR count). The average Bonchev–Trinajstić information content (AvgIpc) is 3.23.